The van der Waals surface area contributed by atoms with E-state index in [4.69, 9.17) is 0 Å². The lowest BCUT2D eigenvalue weighted by atomic mass is 10.0. The summed E-state index contributed by atoms with van der Waals surface area (Å²) in [6.07, 6.45) is 4.71. The van der Waals surface area contributed by atoms with Crippen LogP contribution in [0.2, 0.25) is 0 Å². The number of fused-ring (bicyclic) bond motifs is 2. The first-order chi connectivity index (χ1) is 9.55. The second-order valence-electron chi connectivity index (χ2n) is 4.69. The predicted octanol–water partition coefficient (Wildman–Crippen LogP) is 3.29. The fraction of sp³-hybridized carbons (Fsp3) is 0.0625. The summed E-state index contributed by atoms with van der Waals surface area (Å²) >= 11 is 0. The molecule has 0 saturated carbocycles. The van der Waals surface area contributed by atoms with Gasteiger partial charge in [0.1, 0.15) is 0 Å². The van der Waals surface area contributed by atoms with E-state index >= 15 is 0 Å². The van der Waals surface area contributed by atoms with Crippen molar-refractivity contribution < 1.29 is 8.42 Å². The lowest BCUT2D eigenvalue weighted by Gasteiger charge is -2.12. The van der Waals surface area contributed by atoms with E-state index in [2.05, 4.69) is 4.99 Å². The third-order valence-corrected chi connectivity index (χ3v) is 4.33. The lowest BCUT2D eigenvalue weighted by Crippen LogP contribution is -2.02. The van der Waals surface area contributed by atoms with Gasteiger partial charge >= 0.3 is 0 Å². The molecule has 0 radical (unpaired) electrons. The van der Waals surface area contributed by atoms with Gasteiger partial charge in [-0.05, 0) is 17.7 Å². The standard InChI is InChI=1S/C16H13NO2S/c1-20(18,19)16-10-12-6-2-3-7-13(12)11-17-15-9-5-4-8-14(15)16/h2-11H,1H3/b12-10?,13-11?,16-10?,16-14?,17-11-,17-15?. The molecule has 0 saturated heterocycles. The number of hydrogen-bond acceptors (Lipinski definition) is 3. The summed E-state index contributed by atoms with van der Waals surface area (Å²) in [7, 11) is -3.33. The Balaban J connectivity index is 2.36. The zero-order valence-corrected chi connectivity index (χ0v) is 11.8. The molecule has 1 aliphatic rings. The first-order valence-electron chi connectivity index (χ1n) is 6.20. The van der Waals surface area contributed by atoms with E-state index in [0.29, 0.717) is 16.2 Å². The first kappa shape index (κ1) is 12.8. The molecule has 4 heteroatoms. The number of rotatable bonds is 1. The highest BCUT2D eigenvalue weighted by atomic mass is 32.2. The summed E-state index contributed by atoms with van der Waals surface area (Å²) in [5.74, 6) is 0. The highest BCUT2D eigenvalue weighted by Gasteiger charge is 2.18. The molecule has 0 bridgehead atoms. The first-order valence-corrected chi connectivity index (χ1v) is 8.09. The van der Waals surface area contributed by atoms with Crippen LogP contribution in [0.3, 0.4) is 0 Å². The summed E-state index contributed by atoms with van der Waals surface area (Å²) in [6, 6.07) is 14.9. The minimum atomic E-state index is -3.33. The van der Waals surface area contributed by atoms with E-state index in [1.807, 2.05) is 42.5 Å². The van der Waals surface area contributed by atoms with Gasteiger partial charge in [0.15, 0.2) is 9.84 Å². The molecule has 2 aromatic carbocycles. The van der Waals surface area contributed by atoms with Crippen molar-refractivity contribution in [1.29, 1.82) is 0 Å². The number of sulfone groups is 1. The van der Waals surface area contributed by atoms with E-state index in [1.54, 1.807) is 18.4 Å². The SMILES string of the molecule is CS(=O)(=O)C1=Cc2ccccc2/C=N\c2ccccc21. The van der Waals surface area contributed by atoms with E-state index in [-0.39, 0.29) is 0 Å². The largest absolute Gasteiger partial charge is 0.256 e. The Morgan fingerprint density at radius 3 is 2.30 bits per heavy atom. The van der Waals surface area contributed by atoms with Crippen molar-refractivity contribution in [2.45, 2.75) is 0 Å². The van der Waals surface area contributed by atoms with E-state index in [1.165, 1.54) is 6.26 Å². The molecule has 0 N–H and O–H groups in total. The van der Waals surface area contributed by atoms with Crippen LogP contribution in [0.5, 0.6) is 0 Å². The van der Waals surface area contributed by atoms with Crippen LogP contribution in [0.25, 0.3) is 11.0 Å². The van der Waals surface area contributed by atoms with Crippen LogP contribution in [0.4, 0.5) is 5.69 Å². The maximum absolute atomic E-state index is 12.1. The number of aliphatic imine (C=N–C) groups is 1. The van der Waals surface area contributed by atoms with Crippen LogP contribution in [-0.4, -0.2) is 20.9 Å². The molecule has 0 aromatic heterocycles. The normalized spacial score (nSPS) is 15.3. The monoisotopic (exact) mass is 283 g/mol. The molecule has 3 rings (SSSR count). The van der Waals surface area contributed by atoms with Gasteiger partial charge in [0.25, 0.3) is 0 Å². The van der Waals surface area contributed by atoms with Crippen LogP contribution in [0, 0.1) is 0 Å². The molecule has 0 atom stereocenters. The molecule has 2 aromatic rings. The molecule has 1 heterocycles. The van der Waals surface area contributed by atoms with Crippen molar-refractivity contribution in [1.82, 2.24) is 0 Å². The van der Waals surface area contributed by atoms with Gasteiger partial charge in [0, 0.05) is 23.6 Å². The quantitative estimate of drug-likeness (QED) is 0.806. The van der Waals surface area contributed by atoms with Gasteiger partial charge in [-0.15, -0.1) is 0 Å². The highest BCUT2D eigenvalue weighted by molar-refractivity contribution is 8.00. The zero-order valence-electron chi connectivity index (χ0n) is 10.9. The molecule has 20 heavy (non-hydrogen) atoms. The Hall–Kier alpha value is -2.20. The Labute approximate surface area is 118 Å². The third-order valence-electron chi connectivity index (χ3n) is 3.19. The van der Waals surface area contributed by atoms with Crippen LogP contribution >= 0.6 is 0 Å². The molecule has 0 amide bonds. The average molecular weight is 283 g/mol. The highest BCUT2D eigenvalue weighted by Crippen LogP contribution is 2.33. The van der Waals surface area contributed by atoms with Gasteiger partial charge in [-0.3, -0.25) is 4.99 Å². The third kappa shape index (κ3) is 2.30. The van der Waals surface area contributed by atoms with Crippen molar-refractivity contribution in [3.05, 3.63) is 65.2 Å². The number of nitrogens with zero attached hydrogens (tertiary/aromatic N) is 1. The molecule has 0 fully saturated rings. The lowest BCUT2D eigenvalue weighted by molar-refractivity contribution is 0.611. The van der Waals surface area contributed by atoms with Gasteiger partial charge < -0.3 is 0 Å². The van der Waals surface area contributed by atoms with E-state index < -0.39 is 9.84 Å². The summed E-state index contributed by atoms with van der Waals surface area (Å²) in [6.45, 7) is 0. The Morgan fingerprint density at radius 2 is 1.55 bits per heavy atom. The molecule has 0 aliphatic carbocycles. The Bertz CT molecular complexity index is 833. The van der Waals surface area contributed by atoms with Crippen LogP contribution in [0.1, 0.15) is 16.7 Å². The molecule has 0 spiro atoms. The topological polar surface area (TPSA) is 46.5 Å². The van der Waals surface area contributed by atoms with Crippen molar-refractivity contribution in [3.8, 4) is 0 Å². The van der Waals surface area contributed by atoms with Gasteiger partial charge in [-0.2, -0.15) is 0 Å². The predicted molar refractivity (Wildman–Crippen MR) is 82.9 cm³/mol. The van der Waals surface area contributed by atoms with Crippen molar-refractivity contribution in [2.75, 3.05) is 6.26 Å². The summed E-state index contributed by atoms with van der Waals surface area (Å²) in [5.41, 5.74) is 3.06. The summed E-state index contributed by atoms with van der Waals surface area (Å²) < 4.78 is 24.2. The van der Waals surface area contributed by atoms with Crippen molar-refractivity contribution >= 4 is 32.7 Å². The second-order valence-corrected chi connectivity index (χ2v) is 6.67. The van der Waals surface area contributed by atoms with Gasteiger partial charge in [-0.1, -0.05) is 42.5 Å². The van der Waals surface area contributed by atoms with Gasteiger partial charge in [-0.25, -0.2) is 8.42 Å². The zero-order chi connectivity index (χ0) is 14.2. The fourth-order valence-electron chi connectivity index (χ4n) is 2.22. The number of benzene rings is 2. The van der Waals surface area contributed by atoms with Gasteiger partial charge in [0.2, 0.25) is 0 Å². The maximum atomic E-state index is 12.1. The Kier molecular flexibility index (Phi) is 3.03. The molecule has 3 nitrogen and oxygen atoms in total. The molecule has 1 aliphatic heterocycles. The minimum absolute atomic E-state index is 0.303. The fourth-order valence-corrected chi connectivity index (χ4v) is 3.13. The molecular formula is C16H13NO2S. The van der Waals surface area contributed by atoms with E-state index in [0.717, 1.165) is 11.1 Å². The molecule has 0 unspecified atom stereocenters. The second kappa shape index (κ2) is 4.72. The van der Waals surface area contributed by atoms with E-state index in [9.17, 15) is 8.42 Å². The Morgan fingerprint density at radius 1 is 0.900 bits per heavy atom. The number of para-hydroxylation sites is 1. The average Bonchev–Trinajstić information content (AvgIpc) is 2.40. The van der Waals surface area contributed by atoms with Crippen molar-refractivity contribution in [2.24, 2.45) is 4.99 Å². The summed E-state index contributed by atoms with van der Waals surface area (Å²) in [4.78, 5) is 4.72. The van der Waals surface area contributed by atoms with Crippen molar-refractivity contribution in [3.63, 3.8) is 0 Å². The minimum Gasteiger partial charge on any atom is -0.256 e. The van der Waals surface area contributed by atoms with Crippen LogP contribution < -0.4 is 0 Å². The maximum Gasteiger partial charge on any atom is 0.176 e. The smallest absolute Gasteiger partial charge is 0.176 e. The van der Waals surface area contributed by atoms with Crippen LogP contribution in [0.15, 0.2) is 53.5 Å². The van der Waals surface area contributed by atoms with Gasteiger partial charge in [0.05, 0.1) is 10.6 Å². The molecule has 100 valence electrons. The summed E-state index contributed by atoms with van der Waals surface area (Å²) in [5, 5.41) is 0. The number of hydrogen-bond donors (Lipinski definition) is 0. The molecular weight excluding hydrogens is 270 g/mol. The van der Waals surface area contributed by atoms with Crippen LogP contribution in [-0.2, 0) is 9.84 Å².